The minimum atomic E-state index is -0.392. The van der Waals surface area contributed by atoms with Crippen LogP contribution in [0.3, 0.4) is 0 Å². The average molecular weight is 481 g/mol. The first-order chi connectivity index (χ1) is 16.5. The third-order valence-electron chi connectivity index (χ3n) is 5.20. The van der Waals surface area contributed by atoms with Crippen molar-refractivity contribution in [2.75, 3.05) is 21.3 Å². The van der Waals surface area contributed by atoms with E-state index in [2.05, 4.69) is 10.6 Å². The van der Waals surface area contributed by atoms with E-state index in [1.165, 1.54) is 11.3 Å². The summed E-state index contributed by atoms with van der Waals surface area (Å²) in [5, 5.41) is 7.70. The molecule has 7 nitrogen and oxygen atoms in total. The Morgan fingerprint density at radius 1 is 0.971 bits per heavy atom. The first kappa shape index (κ1) is 24.9. The second-order valence-electron chi connectivity index (χ2n) is 7.30. The van der Waals surface area contributed by atoms with Crippen LogP contribution in [-0.4, -0.2) is 33.1 Å². The lowest BCUT2D eigenvalue weighted by Crippen LogP contribution is -2.36. The number of hydrogen-bond donors (Lipinski definition) is 2. The van der Waals surface area contributed by atoms with E-state index in [9.17, 15) is 9.59 Å². The molecule has 2 N–H and O–H groups in total. The summed E-state index contributed by atoms with van der Waals surface area (Å²) < 4.78 is 15.9. The van der Waals surface area contributed by atoms with Crippen LogP contribution in [0, 0.1) is 0 Å². The molecule has 178 valence electrons. The number of hydrogen-bond acceptors (Lipinski definition) is 6. The summed E-state index contributed by atoms with van der Waals surface area (Å²) in [4.78, 5) is 27.0. The molecule has 0 bridgehead atoms. The van der Waals surface area contributed by atoms with Crippen LogP contribution in [-0.2, 0) is 4.79 Å². The molecule has 2 aromatic carbocycles. The molecule has 0 saturated heterocycles. The zero-order chi connectivity index (χ0) is 24.5. The molecular formula is C26H28N2O5S. The zero-order valence-electron chi connectivity index (χ0n) is 19.6. The van der Waals surface area contributed by atoms with E-state index in [1.807, 2.05) is 36.6 Å². The van der Waals surface area contributed by atoms with Crippen LogP contribution in [0.4, 0.5) is 0 Å². The number of benzene rings is 2. The topological polar surface area (TPSA) is 85.9 Å². The van der Waals surface area contributed by atoms with Crippen molar-refractivity contribution >= 4 is 29.2 Å². The number of carbonyl (C=O) groups is 2. The van der Waals surface area contributed by atoms with Gasteiger partial charge in [-0.05, 0) is 65.9 Å². The first-order valence-electron chi connectivity index (χ1n) is 10.7. The van der Waals surface area contributed by atoms with Crippen molar-refractivity contribution in [3.05, 3.63) is 81.7 Å². The normalized spacial score (nSPS) is 11.9. The molecule has 0 radical (unpaired) electrons. The Balaban J connectivity index is 1.84. The molecule has 0 aliphatic heterocycles. The zero-order valence-corrected chi connectivity index (χ0v) is 20.4. The predicted octanol–water partition coefficient (Wildman–Crippen LogP) is 4.81. The monoisotopic (exact) mass is 480 g/mol. The molecule has 0 fully saturated rings. The summed E-state index contributed by atoms with van der Waals surface area (Å²) >= 11 is 1.47. The van der Waals surface area contributed by atoms with Crippen LogP contribution < -0.4 is 24.8 Å². The van der Waals surface area contributed by atoms with Gasteiger partial charge in [0.1, 0.15) is 11.4 Å². The Bertz CT molecular complexity index is 1140. The fourth-order valence-corrected chi connectivity index (χ4v) is 3.99. The molecule has 0 unspecified atom stereocenters. The minimum absolute atomic E-state index is 0.155. The van der Waals surface area contributed by atoms with E-state index in [4.69, 9.17) is 14.2 Å². The third-order valence-corrected chi connectivity index (χ3v) is 6.02. The van der Waals surface area contributed by atoms with Crippen LogP contribution >= 0.6 is 11.3 Å². The summed E-state index contributed by atoms with van der Waals surface area (Å²) in [5.41, 5.74) is 1.44. The van der Waals surface area contributed by atoms with Crippen molar-refractivity contribution in [3.8, 4) is 17.2 Å². The van der Waals surface area contributed by atoms with Gasteiger partial charge in [0.15, 0.2) is 11.5 Å². The lowest BCUT2D eigenvalue weighted by molar-refractivity contribution is -0.118. The van der Waals surface area contributed by atoms with Gasteiger partial charge in [-0.25, -0.2) is 0 Å². The van der Waals surface area contributed by atoms with Gasteiger partial charge in [0.25, 0.3) is 11.8 Å². The Labute approximate surface area is 203 Å². The molecule has 0 saturated carbocycles. The molecule has 8 heteroatoms. The minimum Gasteiger partial charge on any atom is -0.497 e. The molecule has 0 spiro atoms. The Morgan fingerprint density at radius 3 is 2.29 bits per heavy atom. The smallest absolute Gasteiger partial charge is 0.268 e. The number of amides is 2. The summed E-state index contributed by atoms with van der Waals surface area (Å²) in [7, 11) is 4.70. The van der Waals surface area contributed by atoms with Gasteiger partial charge in [-0.3, -0.25) is 9.59 Å². The molecular weight excluding hydrogens is 452 g/mol. The van der Waals surface area contributed by atoms with Gasteiger partial charge in [0.05, 0.1) is 27.4 Å². The maximum atomic E-state index is 13.3. The highest BCUT2D eigenvalue weighted by molar-refractivity contribution is 7.10. The van der Waals surface area contributed by atoms with Crippen molar-refractivity contribution in [2.24, 2.45) is 0 Å². The number of ether oxygens (including phenoxy) is 3. The van der Waals surface area contributed by atoms with E-state index in [1.54, 1.807) is 57.7 Å². The van der Waals surface area contributed by atoms with Crippen LogP contribution in [0.2, 0.25) is 0 Å². The standard InChI is InChI=1S/C26H28N2O5S/c1-5-21(18-10-13-23(32-3)24(15-18)33-4)27-26(30)22(16-20-7-6-14-34-20)28-25(29)17-8-11-19(31-2)12-9-17/h6-16,21H,5H2,1-4H3,(H,27,30)(H,28,29)/b22-16-/t21-/m1/s1. The second kappa shape index (κ2) is 11.9. The van der Waals surface area contributed by atoms with Gasteiger partial charge in [0, 0.05) is 10.4 Å². The summed E-state index contributed by atoms with van der Waals surface area (Å²) in [6.45, 7) is 1.97. The molecule has 3 rings (SSSR count). The first-order valence-corrected chi connectivity index (χ1v) is 11.6. The highest BCUT2D eigenvalue weighted by atomic mass is 32.1. The SMILES string of the molecule is CC[C@@H](NC(=O)/C(=C/c1cccs1)NC(=O)c1ccc(OC)cc1)c1ccc(OC)c(OC)c1. The maximum absolute atomic E-state index is 13.3. The van der Waals surface area contributed by atoms with Gasteiger partial charge in [0.2, 0.25) is 0 Å². The second-order valence-corrected chi connectivity index (χ2v) is 8.28. The fraction of sp³-hybridized carbons (Fsp3) is 0.231. The highest BCUT2D eigenvalue weighted by Crippen LogP contribution is 2.31. The lowest BCUT2D eigenvalue weighted by Gasteiger charge is -2.20. The van der Waals surface area contributed by atoms with Crippen molar-refractivity contribution < 1.29 is 23.8 Å². The Morgan fingerprint density at radius 2 is 1.71 bits per heavy atom. The van der Waals surface area contributed by atoms with Crippen molar-refractivity contribution in [2.45, 2.75) is 19.4 Å². The quantitative estimate of drug-likeness (QED) is 0.407. The van der Waals surface area contributed by atoms with E-state index in [-0.39, 0.29) is 17.6 Å². The Kier molecular flexibility index (Phi) is 8.70. The lowest BCUT2D eigenvalue weighted by atomic mass is 10.0. The highest BCUT2D eigenvalue weighted by Gasteiger charge is 2.20. The molecule has 1 aromatic heterocycles. The van der Waals surface area contributed by atoms with Gasteiger partial charge in [-0.2, -0.15) is 0 Å². The van der Waals surface area contributed by atoms with Crippen LogP contribution in [0.25, 0.3) is 6.08 Å². The summed E-state index contributed by atoms with van der Waals surface area (Å²) in [6, 6.07) is 15.7. The number of nitrogens with one attached hydrogen (secondary N) is 2. The van der Waals surface area contributed by atoms with E-state index < -0.39 is 5.91 Å². The number of carbonyl (C=O) groups excluding carboxylic acids is 2. The van der Waals surface area contributed by atoms with Crippen molar-refractivity contribution in [3.63, 3.8) is 0 Å². The van der Waals surface area contributed by atoms with Gasteiger partial charge >= 0.3 is 0 Å². The Hall–Kier alpha value is -3.78. The number of thiophene rings is 1. The molecule has 0 aliphatic carbocycles. The van der Waals surface area contributed by atoms with E-state index in [0.717, 1.165) is 10.4 Å². The third kappa shape index (κ3) is 6.17. The van der Waals surface area contributed by atoms with Gasteiger partial charge in [-0.1, -0.05) is 19.1 Å². The van der Waals surface area contributed by atoms with Crippen LogP contribution in [0.1, 0.15) is 40.2 Å². The molecule has 2 amide bonds. The summed E-state index contributed by atoms with van der Waals surface area (Å²) in [6.07, 6.45) is 2.31. The van der Waals surface area contributed by atoms with E-state index >= 15 is 0 Å². The molecule has 3 aromatic rings. The van der Waals surface area contributed by atoms with Crippen LogP contribution in [0.5, 0.6) is 17.2 Å². The summed E-state index contributed by atoms with van der Waals surface area (Å²) in [5.74, 6) is 1.05. The van der Waals surface area contributed by atoms with Gasteiger partial charge < -0.3 is 24.8 Å². The van der Waals surface area contributed by atoms with Crippen molar-refractivity contribution in [1.82, 2.24) is 10.6 Å². The van der Waals surface area contributed by atoms with E-state index in [0.29, 0.717) is 29.2 Å². The number of methoxy groups -OCH3 is 3. The molecule has 0 aliphatic rings. The fourth-order valence-electron chi connectivity index (χ4n) is 3.34. The predicted molar refractivity (Wildman–Crippen MR) is 133 cm³/mol. The maximum Gasteiger partial charge on any atom is 0.268 e. The van der Waals surface area contributed by atoms with Crippen molar-refractivity contribution in [1.29, 1.82) is 0 Å². The molecule has 1 heterocycles. The average Bonchev–Trinajstić information content (AvgIpc) is 3.39. The largest absolute Gasteiger partial charge is 0.497 e. The van der Waals surface area contributed by atoms with Gasteiger partial charge in [-0.15, -0.1) is 11.3 Å². The number of rotatable bonds is 10. The molecule has 34 heavy (non-hydrogen) atoms. The molecule has 1 atom stereocenters. The van der Waals surface area contributed by atoms with Crippen LogP contribution in [0.15, 0.2) is 65.7 Å².